The lowest BCUT2D eigenvalue weighted by molar-refractivity contribution is -0.125. The fourth-order valence-electron chi connectivity index (χ4n) is 3.24. The molecule has 0 spiro atoms. The van der Waals surface area contributed by atoms with Crippen molar-refractivity contribution >= 4 is 28.6 Å². The minimum Gasteiger partial charge on any atom is -0.452 e. The van der Waals surface area contributed by atoms with Gasteiger partial charge in [-0.1, -0.05) is 18.2 Å². The van der Waals surface area contributed by atoms with Crippen LogP contribution in [0.5, 0.6) is 0 Å². The standard InChI is InChI=1S/C20H25N3O4/c1-14(12-26-2)21-18(24)13-27-20(25)16-11-15-7-3-4-8-17(15)22-19(16)23-9-5-6-10-23/h3-4,7-8,11,14H,5-6,9-10,12-13H2,1-2H3,(H,21,24). The summed E-state index contributed by atoms with van der Waals surface area (Å²) in [5.41, 5.74) is 1.23. The summed E-state index contributed by atoms with van der Waals surface area (Å²) in [7, 11) is 1.56. The first-order valence-corrected chi connectivity index (χ1v) is 9.18. The average molecular weight is 371 g/mol. The Kier molecular flexibility index (Phi) is 6.24. The maximum Gasteiger partial charge on any atom is 0.342 e. The van der Waals surface area contributed by atoms with Gasteiger partial charge in [-0.05, 0) is 31.9 Å². The molecule has 1 atom stereocenters. The fraction of sp³-hybridized carbons (Fsp3) is 0.450. The summed E-state index contributed by atoms with van der Waals surface area (Å²) in [6.07, 6.45) is 2.14. The Balaban J connectivity index is 1.76. The number of pyridine rings is 1. The normalized spacial score (nSPS) is 15.0. The Morgan fingerprint density at radius 2 is 2.00 bits per heavy atom. The van der Waals surface area contributed by atoms with Gasteiger partial charge in [-0.2, -0.15) is 0 Å². The molecule has 1 N–H and O–H groups in total. The molecule has 2 heterocycles. The molecule has 27 heavy (non-hydrogen) atoms. The van der Waals surface area contributed by atoms with Gasteiger partial charge in [0.1, 0.15) is 11.4 Å². The van der Waals surface area contributed by atoms with E-state index >= 15 is 0 Å². The molecule has 1 amide bonds. The molecule has 2 aromatic rings. The molecule has 3 rings (SSSR count). The van der Waals surface area contributed by atoms with E-state index in [4.69, 9.17) is 9.47 Å². The minimum atomic E-state index is -0.537. The Labute approximate surface area is 158 Å². The monoisotopic (exact) mass is 371 g/mol. The zero-order chi connectivity index (χ0) is 19.2. The van der Waals surface area contributed by atoms with E-state index in [-0.39, 0.29) is 18.6 Å². The second-order valence-electron chi connectivity index (χ2n) is 6.75. The number of aromatic nitrogens is 1. The van der Waals surface area contributed by atoms with Gasteiger partial charge in [-0.15, -0.1) is 0 Å². The van der Waals surface area contributed by atoms with Crippen molar-refractivity contribution in [3.05, 3.63) is 35.9 Å². The molecule has 0 bridgehead atoms. The molecular weight excluding hydrogens is 346 g/mol. The summed E-state index contributed by atoms with van der Waals surface area (Å²) in [4.78, 5) is 31.4. The Bertz CT molecular complexity index is 818. The third-order valence-corrected chi connectivity index (χ3v) is 4.49. The number of carbonyl (C=O) groups is 2. The molecule has 1 aliphatic heterocycles. The number of carbonyl (C=O) groups excluding carboxylic acids is 2. The zero-order valence-electron chi connectivity index (χ0n) is 15.7. The lowest BCUT2D eigenvalue weighted by Gasteiger charge is -2.20. The predicted molar refractivity (Wildman–Crippen MR) is 103 cm³/mol. The van der Waals surface area contributed by atoms with Crippen LogP contribution in [0.25, 0.3) is 10.9 Å². The number of anilines is 1. The van der Waals surface area contributed by atoms with Crippen LogP contribution in [0.2, 0.25) is 0 Å². The molecule has 144 valence electrons. The number of nitrogens with zero attached hydrogens (tertiary/aromatic N) is 2. The van der Waals surface area contributed by atoms with Crippen LogP contribution in [0.4, 0.5) is 5.82 Å². The van der Waals surface area contributed by atoms with Crippen molar-refractivity contribution in [3.8, 4) is 0 Å². The van der Waals surface area contributed by atoms with Crippen molar-refractivity contribution in [2.24, 2.45) is 0 Å². The van der Waals surface area contributed by atoms with Gasteiger partial charge < -0.3 is 19.7 Å². The maximum atomic E-state index is 12.7. The van der Waals surface area contributed by atoms with E-state index in [1.54, 1.807) is 13.2 Å². The van der Waals surface area contributed by atoms with Crippen LogP contribution in [0.1, 0.15) is 30.1 Å². The number of nitrogens with one attached hydrogen (secondary N) is 1. The Morgan fingerprint density at radius 1 is 1.26 bits per heavy atom. The van der Waals surface area contributed by atoms with E-state index < -0.39 is 5.97 Å². The number of methoxy groups -OCH3 is 1. The smallest absolute Gasteiger partial charge is 0.342 e. The summed E-state index contributed by atoms with van der Waals surface area (Å²) < 4.78 is 10.2. The van der Waals surface area contributed by atoms with Crippen LogP contribution in [0, 0.1) is 0 Å². The van der Waals surface area contributed by atoms with Crippen LogP contribution in [-0.2, 0) is 14.3 Å². The quantitative estimate of drug-likeness (QED) is 0.751. The molecule has 0 radical (unpaired) electrons. The third kappa shape index (κ3) is 4.74. The lowest BCUT2D eigenvalue weighted by Crippen LogP contribution is -2.38. The molecule has 7 heteroatoms. The van der Waals surface area contributed by atoms with E-state index in [1.165, 1.54) is 0 Å². The Morgan fingerprint density at radius 3 is 2.74 bits per heavy atom. The maximum absolute atomic E-state index is 12.7. The first kappa shape index (κ1) is 19.1. The predicted octanol–water partition coefficient (Wildman–Crippen LogP) is 2.14. The summed E-state index contributed by atoms with van der Waals surface area (Å²) in [6.45, 7) is 3.61. The van der Waals surface area contributed by atoms with Crippen molar-refractivity contribution in [1.82, 2.24) is 10.3 Å². The highest BCUT2D eigenvalue weighted by Gasteiger charge is 2.23. The third-order valence-electron chi connectivity index (χ3n) is 4.49. The van der Waals surface area contributed by atoms with Crippen LogP contribution in [0.3, 0.4) is 0 Å². The van der Waals surface area contributed by atoms with Crippen LogP contribution in [-0.4, -0.2) is 56.3 Å². The number of ether oxygens (including phenoxy) is 2. The molecule has 7 nitrogen and oxygen atoms in total. The van der Waals surface area contributed by atoms with Crippen LogP contribution in [0.15, 0.2) is 30.3 Å². The molecule has 0 saturated carbocycles. The summed E-state index contributed by atoms with van der Waals surface area (Å²) in [5.74, 6) is -0.265. The zero-order valence-corrected chi connectivity index (χ0v) is 15.7. The van der Waals surface area contributed by atoms with Gasteiger partial charge in [0.15, 0.2) is 6.61 Å². The molecule has 1 saturated heterocycles. The summed E-state index contributed by atoms with van der Waals surface area (Å²) in [6, 6.07) is 9.31. The van der Waals surface area contributed by atoms with Crippen molar-refractivity contribution in [2.45, 2.75) is 25.8 Å². The Hall–Kier alpha value is -2.67. The minimum absolute atomic E-state index is 0.149. The number of hydrogen-bond donors (Lipinski definition) is 1. The highest BCUT2D eigenvalue weighted by Crippen LogP contribution is 2.27. The van der Waals surface area contributed by atoms with E-state index in [9.17, 15) is 9.59 Å². The molecule has 1 aliphatic rings. The lowest BCUT2D eigenvalue weighted by atomic mass is 10.1. The van der Waals surface area contributed by atoms with Gasteiger partial charge >= 0.3 is 5.97 Å². The number of hydrogen-bond acceptors (Lipinski definition) is 6. The highest BCUT2D eigenvalue weighted by atomic mass is 16.5. The van der Waals surface area contributed by atoms with E-state index in [1.807, 2.05) is 31.2 Å². The molecule has 1 aromatic carbocycles. The molecular formula is C20H25N3O4. The van der Waals surface area contributed by atoms with Crippen LogP contribution >= 0.6 is 0 Å². The summed E-state index contributed by atoms with van der Waals surface area (Å²) >= 11 is 0. The highest BCUT2D eigenvalue weighted by molar-refractivity contribution is 6.00. The largest absolute Gasteiger partial charge is 0.452 e. The average Bonchev–Trinajstić information content (AvgIpc) is 3.20. The first-order valence-electron chi connectivity index (χ1n) is 9.18. The number of para-hydroxylation sites is 1. The summed E-state index contributed by atoms with van der Waals surface area (Å²) in [5, 5.41) is 3.59. The van der Waals surface area contributed by atoms with Gasteiger partial charge in [0, 0.05) is 31.6 Å². The second-order valence-corrected chi connectivity index (χ2v) is 6.75. The number of esters is 1. The van der Waals surface area contributed by atoms with Crippen molar-refractivity contribution in [3.63, 3.8) is 0 Å². The molecule has 1 unspecified atom stereocenters. The van der Waals surface area contributed by atoms with Gasteiger partial charge in [-0.25, -0.2) is 9.78 Å². The van der Waals surface area contributed by atoms with Crippen molar-refractivity contribution in [2.75, 3.05) is 38.3 Å². The van der Waals surface area contributed by atoms with Crippen LogP contribution < -0.4 is 10.2 Å². The SMILES string of the molecule is COCC(C)NC(=O)COC(=O)c1cc2ccccc2nc1N1CCCC1. The number of amides is 1. The topological polar surface area (TPSA) is 80.8 Å². The van der Waals surface area contributed by atoms with Gasteiger partial charge in [0.2, 0.25) is 0 Å². The number of fused-ring (bicyclic) bond motifs is 1. The van der Waals surface area contributed by atoms with Gasteiger partial charge in [-0.3, -0.25) is 4.79 Å². The second kappa shape index (κ2) is 8.81. The number of rotatable bonds is 7. The van der Waals surface area contributed by atoms with E-state index in [0.29, 0.717) is 18.0 Å². The van der Waals surface area contributed by atoms with Gasteiger partial charge in [0.25, 0.3) is 5.91 Å². The molecule has 0 aliphatic carbocycles. The first-order chi connectivity index (χ1) is 13.1. The fourth-order valence-corrected chi connectivity index (χ4v) is 3.24. The van der Waals surface area contributed by atoms with Gasteiger partial charge in [0.05, 0.1) is 12.1 Å². The molecule has 1 fully saturated rings. The number of benzene rings is 1. The van der Waals surface area contributed by atoms with E-state index in [2.05, 4.69) is 15.2 Å². The molecule has 1 aromatic heterocycles. The van der Waals surface area contributed by atoms with Crippen molar-refractivity contribution < 1.29 is 19.1 Å². The van der Waals surface area contributed by atoms with Crippen molar-refractivity contribution in [1.29, 1.82) is 0 Å². The van der Waals surface area contributed by atoms with E-state index in [0.717, 1.165) is 36.8 Å².